The second kappa shape index (κ2) is 10.1. The van der Waals surface area contributed by atoms with Gasteiger partial charge in [-0.3, -0.25) is 9.69 Å². The van der Waals surface area contributed by atoms with Crippen LogP contribution in [-0.4, -0.2) is 61.7 Å². The molecule has 0 aliphatic carbocycles. The van der Waals surface area contributed by atoms with Gasteiger partial charge in [0.25, 0.3) is 0 Å². The molecule has 0 bridgehead atoms. The molecular formula is C25H32N2O3. The van der Waals surface area contributed by atoms with E-state index in [0.29, 0.717) is 6.42 Å². The third-order valence-corrected chi connectivity index (χ3v) is 6.28. The standard InChI is InChI=1S/C25H32N2O3/c1-29-22-11-9-21(10-12-22)25(20-6-3-2-4-7-20)27-17-15-26(16-18-27)24(28)14-13-23-8-5-19-30-23/h2-4,6-7,9-12,23,25H,5,8,13-19H2,1H3/t23-,25-/m0/s1. The molecule has 2 fully saturated rings. The molecule has 0 spiro atoms. The molecule has 30 heavy (non-hydrogen) atoms. The SMILES string of the molecule is COc1ccc([C@H](c2ccccc2)N2CCN(C(=O)CC[C@@H]3CCCO3)CC2)cc1. The van der Waals surface area contributed by atoms with Gasteiger partial charge in [-0.05, 0) is 42.5 Å². The second-order valence-electron chi connectivity index (χ2n) is 8.18. The number of benzene rings is 2. The van der Waals surface area contributed by atoms with Crippen LogP contribution < -0.4 is 4.74 Å². The first-order valence-electron chi connectivity index (χ1n) is 11.1. The summed E-state index contributed by atoms with van der Waals surface area (Å²) in [6, 6.07) is 19.1. The van der Waals surface area contributed by atoms with Gasteiger partial charge in [0, 0.05) is 39.2 Å². The Bertz CT molecular complexity index is 795. The average Bonchev–Trinajstić information content (AvgIpc) is 3.33. The Kier molecular flexibility index (Phi) is 7.03. The van der Waals surface area contributed by atoms with Gasteiger partial charge in [0.15, 0.2) is 0 Å². The van der Waals surface area contributed by atoms with Gasteiger partial charge in [0.1, 0.15) is 5.75 Å². The topological polar surface area (TPSA) is 42.0 Å². The van der Waals surface area contributed by atoms with E-state index in [2.05, 4.69) is 47.4 Å². The summed E-state index contributed by atoms with van der Waals surface area (Å²) >= 11 is 0. The van der Waals surface area contributed by atoms with Crippen LogP contribution in [0.25, 0.3) is 0 Å². The second-order valence-corrected chi connectivity index (χ2v) is 8.18. The van der Waals surface area contributed by atoms with Crippen molar-refractivity contribution < 1.29 is 14.3 Å². The molecule has 4 rings (SSSR count). The number of hydrogen-bond donors (Lipinski definition) is 0. The summed E-state index contributed by atoms with van der Waals surface area (Å²) < 4.78 is 11.0. The molecule has 2 heterocycles. The van der Waals surface area contributed by atoms with Crippen molar-refractivity contribution >= 4 is 5.91 Å². The van der Waals surface area contributed by atoms with E-state index in [1.54, 1.807) is 7.11 Å². The predicted octanol–water partition coefficient (Wildman–Crippen LogP) is 3.89. The third-order valence-electron chi connectivity index (χ3n) is 6.28. The molecule has 2 aliphatic rings. The molecule has 2 aromatic carbocycles. The lowest BCUT2D eigenvalue weighted by atomic mass is 9.96. The van der Waals surface area contributed by atoms with E-state index < -0.39 is 0 Å². The molecule has 1 amide bonds. The summed E-state index contributed by atoms with van der Waals surface area (Å²) in [6.07, 6.45) is 3.97. The number of rotatable bonds is 7. The van der Waals surface area contributed by atoms with Crippen LogP contribution >= 0.6 is 0 Å². The Morgan fingerprint density at radius 2 is 1.73 bits per heavy atom. The Morgan fingerprint density at radius 1 is 1.03 bits per heavy atom. The predicted molar refractivity (Wildman–Crippen MR) is 118 cm³/mol. The van der Waals surface area contributed by atoms with E-state index in [1.165, 1.54) is 11.1 Å². The van der Waals surface area contributed by atoms with Crippen LogP contribution in [0.1, 0.15) is 42.9 Å². The van der Waals surface area contributed by atoms with Gasteiger partial charge < -0.3 is 14.4 Å². The lowest BCUT2D eigenvalue weighted by molar-refractivity contribution is -0.133. The fourth-order valence-electron chi connectivity index (χ4n) is 4.58. The number of piperazine rings is 1. The van der Waals surface area contributed by atoms with Gasteiger partial charge in [-0.2, -0.15) is 0 Å². The Hall–Kier alpha value is -2.37. The van der Waals surface area contributed by atoms with E-state index >= 15 is 0 Å². The van der Waals surface area contributed by atoms with E-state index in [1.807, 2.05) is 17.0 Å². The quantitative estimate of drug-likeness (QED) is 0.697. The summed E-state index contributed by atoms with van der Waals surface area (Å²) in [6.45, 7) is 4.16. The number of hydrogen-bond acceptors (Lipinski definition) is 4. The van der Waals surface area contributed by atoms with E-state index in [-0.39, 0.29) is 18.1 Å². The van der Waals surface area contributed by atoms with E-state index in [0.717, 1.165) is 57.8 Å². The third kappa shape index (κ3) is 5.02. The number of ether oxygens (including phenoxy) is 2. The highest BCUT2D eigenvalue weighted by atomic mass is 16.5. The number of nitrogens with zero attached hydrogens (tertiary/aromatic N) is 2. The van der Waals surface area contributed by atoms with Crippen LogP contribution in [-0.2, 0) is 9.53 Å². The van der Waals surface area contributed by atoms with Crippen molar-refractivity contribution in [1.82, 2.24) is 9.80 Å². The molecule has 0 radical (unpaired) electrons. The highest BCUT2D eigenvalue weighted by Gasteiger charge is 2.28. The molecule has 2 saturated heterocycles. The lowest BCUT2D eigenvalue weighted by Gasteiger charge is -2.40. The fourth-order valence-corrected chi connectivity index (χ4v) is 4.58. The molecule has 5 heteroatoms. The zero-order chi connectivity index (χ0) is 20.8. The zero-order valence-electron chi connectivity index (χ0n) is 17.8. The molecule has 0 N–H and O–H groups in total. The van der Waals surface area contributed by atoms with Crippen molar-refractivity contribution in [3.8, 4) is 5.75 Å². The van der Waals surface area contributed by atoms with Crippen molar-refractivity contribution in [2.45, 2.75) is 37.8 Å². The molecule has 2 atom stereocenters. The molecule has 0 unspecified atom stereocenters. The largest absolute Gasteiger partial charge is 0.497 e. The fraction of sp³-hybridized carbons (Fsp3) is 0.480. The highest BCUT2D eigenvalue weighted by Crippen LogP contribution is 2.31. The van der Waals surface area contributed by atoms with Crippen LogP contribution in [0.4, 0.5) is 0 Å². The van der Waals surface area contributed by atoms with Gasteiger partial charge in [-0.1, -0.05) is 42.5 Å². The summed E-state index contributed by atoms with van der Waals surface area (Å²) in [5.74, 6) is 1.14. The van der Waals surface area contributed by atoms with E-state index in [9.17, 15) is 4.79 Å². The maximum atomic E-state index is 12.7. The van der Waals surface area contributed by atoms with Gasteiger partial charge in [-0.15, -0.1) is 0 Å². The number of carbonyl (C=O) groups excluding carboxylic acids is 1. The Balaban J connectivity index is 1.40. The minimum absolute atomic E-state index is 0.182. The summed E-state index contributed by atoms with van der Waals surface area (Å²) in [4.78, 5) is 17.2. The number of methoxy groups -OCH3 is 1. The first-order chi connectivity index (χ1) is 14.7. The van der Waals surface area contributed by atoms with Gasteiger partial charge in [-0.25, -0.2) is 0 Å². The molecular weight excluding hydrogens is 376 g/mol. The smallest absolute Gasteiger partial charge is 0.222 e. The zero-order valence-corrected chi connectivity index (χ0v) is 17.8. The maximum absolute atomic E-state index is 12.7. The summed E-state index contributed by atoms with van der Waals surface area (Å²) in [5.41, 5.74) is 2.53. The van der Waals surface area contributed by atoms with Crippen LogP contribution in [0.3, 0.4) is 0 Å². The maximum Gasteiger partial charge on any atom is 0.222 e. The van der Waals surface area contributed by atoms with Crippen LogP contribution in [0.5, 0.6) is 5.75 Å². The number of amides is 1. The minimum atomic E-state index is 0.182. The molecule has 160 valence electrons. The van der Waals surface area contributed by atoms with Crippen LogP contribution in [0.15, 0.2) is 54.6 Å². The molecule has 2 aromatic rings. The first kappa shape index (κ1) is 20.9. The van der Waals surface area contributed by atoms with Crippen LogP contribution in [0.2, 0.25) is 0 Å². The Labute approximate surface area is 179 Å². The van der Waals surface area contributed by atoms with Gasteiger partial charge in [0.2, 0.25) is 5.91 Å². The highest BCUT2D eigenvalue weighted by molar-refractivity contribution is 5.76. The van der Waals surface area contributed by atoms with Gasteiger partial charge >= 0.3 is 0 Å². The molecule has 0 aromatic heterocycles. The molecule has 2 aliphatic heterocycles. The van der Waals surface area contributed by atoms with Gasteiger partial charge in [0.05, 0.1) is 19.3 Å². The lowest BCUT2D eigenvalue weighted by Crippen LogP contribution is -2.49. The molecule has 5 nitrogen and oxygen atoms in total. The van der Waals surface area contributed by atoms with Crippen molar-refractivity contribution in [2.24, 2.45) is 0 Å². The minimum Gasteiger partial charge on any atom is -0.497 e. The summed E-state index contributed by atoms with van der Waals surface area (Å²) in [5, 5.41) is 0. The van der Waals surface area contributed by atoms with Crippen molar-refractivity contribution in [3.63, 3.8) is 0 Å². The normalized spacial score (nSPS) is 20.8. The van der Waals surface area contributed by atoms with Crippen LogP contribution in [0, 0.1) is 0 Å². The Morgan fingerprint density at radius 3 is 2.37 bits per heavy atom. The monoisotopic (exact) mass is 408 g/mol. The molecule has 0 saturated carbocycles. The van der Waals surface area contributed by atoms with Crippen molar-refractivity contribution in [3.05, 3.63) is 65.7 Å². The number of carbonyl (C=O) groups is 1. The van der Waals surface area contributed by atoms with Crippen molar-refractivity contribution in [1.29, 1.82) is 0 Å². The average molecular weight is 409 g/mol. The summed E-state index contributed by atoms with van der Waals surface area (Å²) in [7, 11) is 1.69. The van der Waals surface area contributed by atoms with Crippen molar-refractivity contribution in [2.75, 3.05) is 39.9 Å². The van der Waals surface area contributed by atoms with E-state index in [4.69, 9.17) is 9.47 Å². The first-order valence-corrected chi connectivity index (χ1v) is 11.1.